The molecule has 4 aliphatic heterocycles. The van der Waals surface area contributed by atoms with Gasteiger partial charge < -0.3 is 50.0 Å². The van der Waals surface area contributed by atoms with E-state index in [1.807, 2.05) is 127 Å². The van der Waals surface area contributed by atoms with Gasteiger partial charge in [-0.3, -0.25) is 25.7 Å². The number of carbonyl (C=O) groups is 2. The van der Waals surface area contributed by atoms with Gasteiger partial charge in [-0.2, -0.15) is 12.2 Å². The predicted octanol–water partition coefficient (Wildman–Crippen LogP) is 20.5. The van der Waals surface area contributed by atoms with Crippen molar-refractivity contribution < 1.29 is 63.6 Å². The van der Waals surface area contributed by atoms with E-state index in [0.29, 0.717) is 53.2 Å². The molecule has 0 bridgehead atoms. The van der Waals surface area contributed by atoms with Crippen LogP contribution in [0.25, 0.3) is 9.69 Å². The Kier molecular flexibility index (Phi) is 45.8. The van der Waals surface area contributed by atoms with Gasteiger partial charge in [0.1, 0.15) is 5.75 Å². The van der Waals surface area contributed by atoms with Crippen molar-refractivity contribution in [2.45, 2.75) is 110 Å². The van der Waals surface area contributed by atoms with Gasteiger partial charge in [-0.1, -0.05) is 190 Å². The molecule has 0 unspecified atom stereocenters. The summed E-state index contributed by atoms with van der Waals surface area (Å²) in [5.41, 5.74) is 14.2. The average Bonchev–Trinajstić information content (AvgIpc) is 0.810. The fourth-order valence-electron chi connectivity index (χ4n) is 14.9. The number of methoxy groups -OCH3 is 1. The summed E-state index contributed by atoms with van der Waals surface area (Å²) in [4.78, 5) is 50.1. The first-order valence-electron chi connectivity index (χ1n) is 40.0. The minimum atomic E-state index is -0.562. The number of hydrogen-bond acceptors (Lipinski definition) is 15. The van der Waals surface area contributed by atoms with Crippen molar-refractivity contribution in [3.05, 3.63) is 369 Å². The van der Waals surface area contributed by atoms with Crippen LogP contribution >= 0.6 is 92.8 Å². The van der Waals surface area contributed by atoms with Crippen LogP contribution in [0.3, 0.4) is 0 Å². The van der Waals surface area contributed by atoms with Gasteiger partial charge in [-0.25, -0.2) is 9.69 Å². The molecule has 11 aromatic carbocycles. The summed E-state index contributed by atoms with van der Waals surface area (Å²) < 4.78 is 16.6. The zero-order valence-corrected chi connectivity index (χ0v) is 79.7. The van der Waals surface area contributed by atoms with Crippen molar-refractivity contribution in [3.63, 3.8) is 0 Å². The molecule has 4 heterocycles. The normalized spacial score (nSPS) is 17.9. The Hall–Kier alpha value is -9.32. The van der Waals surface area contributed by atoms with Crippen molar-refractivity contribution in [1.82, 2.24) is 20.4 Å². The van der Waals surface area contributed by atoms with Crippen LogP contribution in [-0.2, 0) is 36.9 Å². The first-order valence-corrected chi connectivity index (χ1v) is 43.0. The molecule has 649 valence electrons. The number of nitriles is 1. The number of piperazine rings is 4. The third kappa shape index (κ3) is 33.1. The first-order chi connectivity index (χ1) is 59.7. The summed E-state index contributed by atoms with van der Waals surface area (Å²) in [5, 5.41) is 21.5. The number of rotatable bonds is 13. The number of carbonyl (C=O) groups excluding carboxylic acids is 3. The maximum Gasteiger partial charge on any atom is 1.00 e. The SMILES string of the molecule is CC(=O)OC(C)=O.COc1ccc(C#N)cc1.C[C-]=O.C[C@@H]1CN(c2ccc(Cl)cc2)[C@H](c2ccc(Cl)cc2)CN1.C[C@@H]1CNC[C@@H](c2ccc(Cl)cc2)N1c1ccc(Cl)cc1.O.[B]=O.[C-]#[N+]c1ccc(CN2C[C@@H](C)N(c3ccc(Cl)cc3)[C@H](c3ccc(Cl)cc3)C2)cc1.[C-]#[N+]c1ccc(CN2C[C@@H](c3ccc(Cl)cc3)N(c3ccc(Cl)cc3)C[C@H]2C)cc1.[Na+]. The average molecular weight is 1860 g/mol. The number of esters is 2. The number of ether oxygens (including phenoxy) is 2. The van der Waals surface area contributed by atoms with Crippen molar-refractivity contribution in [2.75, 3.05) is 79.1 Å². The number of hydrogen-bond donors (Lipinski definition) is 2. The van der Waals surface area contributed by atoms with Crippen LogP contribution in [0.2, 0.25) is 40.2 Å². The van der Waals surface area contributed by atoms with Gasteiger partial charge in [-0.05, 0) is 231 Å². The Morgan fingerprint density at radius 1 is 0.444 bits per heavy atom. The van der Waals surface area contributed by atoms with Gasteiger partial charge in [0.15, 0.2) is 11.4 Å². The number of halogens is 8. The summed E-state index contributed by atoms with van der Waals surface area (Å²) in [6.45, 7) is 36.1. The van der Waals surface area contributed by atoms with Crippen LogP contribution in [0, 0.1) is 24.5 Å². The summed E-state index contributed by atoms with van der Waals surface area (Å²) in [7, 11) is 4.85. The van der Waals surface area contributed by atoms with Gasteiger partial charge in [0.05, 0.1) is 56.1 Å². The topological polar surface area (TPSA) is 194 Å². The van der Waals surface area contributed by atoms with Crippen LogP contribution in [0.15, 0.2) is 267 Å². The molecule has 0 aliphatic carbocycles. The van der Waals surface area contributed by atoms with Crippen LogP contribution in [0.4, 0.5) is 34.1 Å². The van der Waals surface area contributed by atoms with Gasteiger partial charge in [-0.15, -0.1) is 0 Å². The molecule has 0 saturated carbocycles. The van der Waals surface area contributed by atoms with E-state index < -0.39 is 11.9 Å². The summed E-state index contributed by atoms with van der Waals surface area (Å²) in [6, 6.07) is 92.3. The molecule has 28 heteroatoms. The standard InChI is InChI=1S/2C25H23Cl2N3.2C17H18Cl2N2.C8H7NO.C4H6O3.C2H3O.BO.Na.H2O/c1-18-15-30(24-13-9-22(27)10-14-24)25(20-5-7-21(26)8-6-20)17-29(18)16-19-3-11-23(28-2)12-4-19;1-18-15-29(16-19-3-11-23(28-2)12-4-19)17-25(20-5-7-21(26)8-6-20)30(18)24-13-9-22(27)10-14-24;1-12-11-21(16-8-6-15(19)7-9-16)17(10-20-12)13-2-4-14(18)5-3-13;1-12-10-20-11-17(13-2-4-14(18)5-3-13)21(12)16-8-6-15(19)7-9-16;1-10-8-4-2-7(6-9)3-5-8;1-3(5)7-4(2)6;1-2-3;1-2;;/h2*3-14,18,25H,15-17H2,1H3;2*2-9,12,17,20H,10-11H2,1H3;2-5H,1H3;1-2H3;1H3;;;1H2/q;;;;;;-1;;+1;/t2*18-,25+;2*12-,17+;;;;;;/m1111....../s1. The molecule has 126 heavy (non-hydrogen) atoms. The zero-order valence-electron chi connectivity index (χ0n) is 71.7. The number of benzene rings is 11. The van der Waals surface area contributed by atoms with Crippen LogP contribution in [0.5, 0.6) is 5.75 Å². The molecule has 0 spiro atoms. The molecule has 8 atom stereocenters. The molecule has 11 aromatic rings. The predicted molar refractivity (Wildman–Crippen MR) is 514 cm³/mol. The van der Waals surface area contributed by atoms with Gasteiger partial charge >= 0.3 is 53.9 Å². The van der Waals surface area contributed by atoms with E-state index >= 15 is 0 Å². The van der Waals surface area contributed by atoms with Crippen molar-refractivity contribution in [1.29, 1.82) is 5.26 Å². The second-order valence-corrected chi connectivity index (χ2v) is 33.1. The van der Waals surface area contributed by atoms with Crippen molar-refractivity contribution in [2.24, 2.45) is 0 Å². The maximum atomic E-state index is 9.81. The van der Waals surface area contributed by atoms with E-state index in [1.165, 1.54) is 83.2 Å². The van der Waals surface area contributed by atoms with E-state index in [0.717, 1.165) is 111 Å². The quantitative estimate of drug-likeness (QED) is 0.0479. The minimum absolute atomic E-state index is 0. The first kappa shape index (κ1) is 105. The molecular weight excluding hydrogens is 1760 g/mol. The Morgan fingerprint density at radius 3 is 1.17 bits per heavy atom. The van der Waals surface area contributed by atoms with E-state index in [2.05, 4.69) is 211 Å². The fraction of sp³-hybridized carbons (Fsp3) is 0.265. The van der Waals surface area contributed by atoms with Gasteiger partial charge in [0, 0.05) is 166 Å². The molecule has 4 aliphatic rings. The van der Waals surface area contributed by atoms with E-state index in [1.54, 1.807) is 31.4 Å². The van der Waals surface area contributed by atoms with Gasteiger partial charge in [0.25, 0.3) is 0 Å². The fourth-order valence-corrected chi connectivity index (χ4v) is 15.9. The van der Waals surface area contributed by atoms with Gasteiger partial charge in [0.2, 0.25) is 0 Å². The second-order valence-electron chi connectivity index (χ2n) is 29.6. The molecule has 4 N–H and O–H groups in total. The van der Waals surface area contributed by atoms with E-state index in [9.17, 15) is 9.59 Å². The number of nitrogens with zero attached hydrogens (tertiary/aromatic N) is 9. The number of anilines is 4. The molecule has 0 amide bonds. The van der Waals surface area contributed by atoms with Crippen molar-refractivity contribution >= 4 is 153 Å². The molecule has 1 radical (unpaired) electrons. The maximum absolute atomic E-state index is 9.81. The van der Waals surface area contributed by atoms with E-state index in [4.69, 9.17) is 125 Å². The summed E-state index contributed by atoms with van der Waals surface area (Å²) in [6.07, 6.45) is 1.50. The summed E-state index contributed by atoms with van der Waals surface area (Å²) in [5.74, 6) is -0.348. The molecule has 15 rings (SSSR count). The Balaban J connectivity index is 0.000000241. The monoisotopic (exact) mass is 1860 g/mol. The third-order valence-corrected chi connectivity index (χ3v) is 22.8. The number of nitrogens with one attached hydrogen (secondary N) is 2. The summed E-state index contributed by atoms with van der Waals surface area (Å²) >= 11 is 48.6. The minimum Gasteiger partial charge on any atom is -0.362 e. The van der Waals surface area contributed by atoms with Crippen LogP contribution < -0.4 is 64.5 Å². The van der Waals surface area contributed by atoms with Crippen molar-refractivity contribution in [3.8, 4) is 11.8 Å². The molecular formula is C98H100BCl8N11NaO7. The van der Waals surface area contributed by atoms with Crippen LogP contribution in [0.1, 0.15) is 112 Å². The smallest absolute Gasteiger partial charge is 0.362 e. The Labute approximate surface area is 804 Å². The molecule has 18 nitrogen and oxygen atoms in total. The Bertz CT molecular complexity index is 5200. The third-order valence-electron chi connectivity index (χ3n) is 20.7. The molecule has 4 fully saturated rings. The Morgan fingerprint density at radius 2 is 0.794 bits per heavy atom. The van der Waals surface area contributed by atoms with E-state index in [-0.39, 0.29) is 47.1 Å². The largest absolute Gasteiger partial charge is 1.00 e. The second kappa shape index (κ2) is 54.8. The zero-order chi connectivity index (χ0) is 89.8. The molecule has 4 saturated heterocycles. The molecule has 0 aromatic heterocycles. The van der Waals surface area contributed by atoms with Crippen LogP contribution in [-0.4, -0.2) is 125 Å².